The fraction of sp³-hybridized carbons (Fsp3) is 0.621. The van der Waals surface area contributed by atoms with Crippen LogP contribution in [-0.4, -0.2) is 103 Å². The Balaban J connectivity index is 1.28. The number of pyridine rings is 1. The van der Waals surface area contributed by atoms with Gasteiger partial charge in [-0.25, -0.2) is 0 Å². The summed E-state index contributed by atoms with van der Waals surface area (Å²) in [5.41, 5.74) is 5.19. The molecular formula is C29H40N6O3. The molecule has 204 valence electrons. The first kappa shape index (κ1) is 26.5. The fourth-order valence-corrected chi connectivity index (χ4v) is 6.09. The number of amides is 1. The second kappa shape index (κ2) is 11.3. The van der Waals surface area contributed by atoms with Gasteiger partial charge in [-0.05, 0) is 52.5 Å². The molecule has 1 atom stereocenters. The Kier molecular flexibility index (Phi) is 7.91. The predicted molar refractivity (Wildman–Crippen MR) is 149 cm³/mol. The van der Waals surface area contributed by atoms with E-state index in [4.69, 9.17) is 14.5 Å². The predicted octanol–water partition coefficient (Wildman–Crippen LogP) is 2.63. The Bertz CT molecular complexity index is 1180. The van der Waals surface area contributed by atoms with E-state index in [2.05, 4.69) is 51.9 Å². The number of rotatable bonds is 3. The molecule has 3 fully saturated rings. The fourth-order valence-electron chi connectivity index (χ4n) is 6.09. The molecule has 0 saturated carbocycles. The minimum Gasteiger partial charge on any atom is -0.482 e. The van der Waals surface area contributed by atoms with Gasteiger partial charge in [-0.2, -0.15) is 0 Å². The van der Waals surface area contributed by atoms with Crippen LogP contribution >= 0.6 is 0 Å². The smallest absolute Gasteiger partial charge is 0.298 e. The maximum Gasteiger partial charge on any atom is 0.298 e. The van der Waals surface area contributed by atoms with Crippen molar-refractivity contribution in [1.82, 2.24) is 19.7 Å². The van der Waals surface area contributed by atoms with Crippen molar-refractivity contribution in [3.8, 4) is 17.6 Å². The number of aromatic nitrogens is 1. The molecule has 4 aliphatic rings. The van der Waals surface area contributed by atoms with Crippen molar-refractivity contribution >= 4 is 17.4 Å². The number of amidine groups is 1. The van der Waals surface area contributed by atoms with Gasteiger partial charge in [0.05, 0.1) is 30.2 Å². The van der Waals surface area contributed by atoms with Gasteiger partial charge in [0, 0.05) is 69.7 Å². The normalized spacial score (nSPS) is 25.4. The number of aliphatic imine (C=N–C) groups is 1. The summed E-state index contributed by atoms with van der Waals surface area (Å²) in [6.45, 7) is 14.8. The van der Waals surface area contributed by atoms with Gasteiger partial charge in [-0.1, -0.05) is 5.92 Å². The number of nitrogens with zero attached hydrogens (tertiary/aromatic N) is 5. The molecule has 0 aromatic carbocycles. The minimum absolute atomic E-state index is 0.0470. The molecule has 1 aromatic heterocycles. The lowest BCUT2D eigenvalue weighted by Gasteiger charge is -2.47. The number of aryl methyl sites for hydroxylation is 1. The van der Waals surface area contributed by atoms with E-state index < -0.39 is 0 Å². The van der Waals surface area contributed by atoms with Crippen molar-refractivity contribution in [3.63, 3.8) is 0 Å². The number of hydrogen-bond donors (Lipinski definition) is 1. The Morgan fingerprint density at radius 2 is 1.87 bits per heavy atom. The van der Waals surface area contributed by atoms with Crippen molar-refractivity contribution in [2.75, 3.05) is 64.8 Å². The number of piperidine rings is 1. The molecule has 0 radical (unpaired) electrons. The summed E-state index contributed by atoms with van der Waals surface area (Å²) in [5.74, 6) is 7.37. The molecule has 0 unspecified atom stereocenters. The minimum atomic E-state index is -0.156. The molecule has 5 rings (SSSR count). The molecule has 9 heteroatoms. The maximum absolute atomic E-state index is 12.1. The molecule has 38 heavy (non-hydrogen) atoms. The molecule has 4 aliphatic heterocycles. The summed E-state index contributed by atoms with van der Waals surface area (Å²) < 4.78 is 12.1. The summed E-state index contributed by atoms with van der Waals surface area (Å²) in [6.07, 6.45) is 1.85. The third kappa shape index (κ3) is 5.25. The molecule has 3 saturated heterocycles. The Hall–Kier alpha value is -3.09. The number of carbonyl (C=O) groups is 1. The molecule has 1 amide bonds. The van der Waals surface area contributed by atoms with E-state index in [1.807, 2.05) is 18.9 Å². The Morgan fingerprint density at radius 3 is 2.53 bits per heavy atom. The number of morpholine rings is 1. The third-order valence-electron chi connectivity index (χ3n) is 8.30. The number of nitrogens with one attached hydrogen (secondary N) is 1. The Labute approximate surface area is 226 Å². The van der Waals surface area contributed by atoms with Crippen LogP contribution in [0, 0.1) is 18.8 Å². The molecule has 9 nitrogen and oxygen atoms in total. The average molecular weight is 521 g/mol. The summed E-state index contributed by atoms with van der Waals surface area (Å²) in [5, 5.41) is 3.60. The average Bonchev–Trinajstić information content (AvgIpc) is 3.04. The van der Waals surface area contributed by atoms with E-state index in [-0.39, 0.29) is 12.0 Å². The lowest BCUT2D eigenvalue weighted by atomic mass is 9.90. The monoisotopic (exact) mass is 520 g/mol. The van der Waals surface area contributed by atoms with Gasteiger partial charge in [0.1, 0.15) is 11.9 Å². The summed E-state index contributed by atoms with van der Waals surface area (Å²) in [4.78, 5) is 28.5. The highest BCUT2D eigenvalue weighted by Gasteiger charge is 2.37. The SMILES string of the molecule is CC#CC(=O)N1CCC(N2CC(c3cc4c(c(C)n3)O[C@@H](C)/C(=C(/C)N3CCOCC3)C(=NC)N4)C2)CC1. The van der Waals surface area contributed by atoms with Crippen LogP contribution < -0.4 is 10.1 Å². The molecule has 5 heterocycles. The van der Waals surface area contributed by atoms with E-state index in [0.29, 0.717) is 12.0 Å². The first-order valence-corrected chi connectivity index (χ1v) is 13.8. The highest BCUT2D eigenvalue weighted by molar-refractivity contribution is 6.10. The molecule has 1 aromatic rings. The number of ether oxygens (including phenoxy) is 2. The van der Waals surface area contributed by atoms with E-state index in [1.54, 1.807) is 6.92 Å². The number of carbonyl (C=O) groups excluding carboxylic acids is 1. The van der Waals surface area contributed by atoms with Gasteiger partial charge in [0.2, 0.25) is 0 Å². The first-order valence-electron chi connectivity index (χ1n) is 13.8. The van der Waals surface area contributed by atoms with Crippen molar-refractivity contribution in [2.45, 2.75) is 58.6 Å². The number of likely N-dealkylation sites (tertiary alicyclic amines) is 2. The van der Waals surface area contributed by atoms with Crippen LogP contribution in [0.5, 0.6) is 5.75 Å². The highest BCUT2D eigenvalue weighted by atomic mass is 16.5. The third-order valence-corrected chi connectivity index (χ3v) is 8.30. The van der Waals surface area contributed by atoms with Crippen LogP contribution in [0.2, 0.25) is 0 Å². The quantitative estimate of drug-likeness (QED) is 0.614. The van der Waals surface area contributed by atoms with Gasteiger partial charge < -0.3 is 24.6 Å². The topological polar surface area (TPSA) is 82.5 Å². The molecule has 0 bridgehead atoms. The van der Waals surface area contributed by atoms with E-state index in [9.17, 15) is 4.79 Å². The largest absolute Gasteiger partial charge is 0.482 e. The van der Waals surface area contributed by atoms with Crippen LogP contribution in [-0.2, 0) is 9.53 Å². The van der Waals surface area contributed by atoms with Gasteiger partial charge in [-0.15, -0.1) is 0 Å². The summed E-state index contributed by atoms with van der Waals surface area (Å²) in [7, 11) is 1.83. The van der Waals surface area contributed by atoms with E-state index in [0.717, 1.165) is 99.6 Å². The first-order chi connectivity index (χ1) is 18.4. The zero-order valence-corrected chi connectivity index (χ0v) is 23.3. The molecule has 1 N–H and O–H groups in total. The molecular weight excluding hydrogens is 480 g/mol. The lowest BCUT2D eigenvalue weighted by Crippen LogP contribution is -2.54. The second-order valence-electron chi connectivity index (χ2n) is 10.6. The molecule has 0 aliphatic carbocycles. The summed E-state index contributed by atoms with van der Waals surface area (Å²) in [6, 6.07) is 2.67. The highest BCUT2D eigenvalue weighted by Crippen LogP contribution is 2.39. The van der Waals surface area contributed by atoms with Crippen molar-refractivity contribution in [3.05, 3.63) is 28.7 Å². The van der Waals surface area contributed by atoms with Gasteiger partial charge in [0.15, 0.2) is 5.75 Å². The zero-order chi connectivity index (χ0) is 26.8. The van der Waals surface area contributed by atoms with Crippen molar-refractivity contribution < 1.29 is 14.3 Å². The summed E-state index contributed by atoms with van der Waals surface area (Å²) >= 11 is 0. The zero-order valence-electron chi connectivity index (χ0n) is 23.3. The van der Waals surface area contributed by atoms with Crippen LogP contribution in [0.25, 0.3) is 0 Å². The van der Waals surface area contributed by atoms with E-state index >= 15 is 0 Å². The van der Waals surface area contributed by atoms with Gasteiger partial charge >= 0.3 is 0 Å². The standard InChI is InChI=1S/C29H40N6O3/c1-6-7-26(36)34-10-8-23(9-11-34)35-17-22(18-35)24-16-25-28(19(2)31-24)38-21(4)27(29(30-5)32-25)20(3)33-12-14-37-15-13-33/h16,21-23H,8-15,17-18H2,1-5H3,(H,30,32)/b27-20+/t21-/m0/s1. The van der Waals surface area contributed by atoms with Crippen LogP contribution in [0.3, 0.4) is 0 Å². The number of allylic oxidation sites excluding steroid dienone is 1. The Morgan fingerprint density at radius 1 is 1.16 bits per heavy atom. The maximum atomic E-state index is 12.1. The van der Waals surface area contributed by atoms with E-state index in [1.165, 1.54) is 5.70 Å². The van der Waals surface area contributed by atoms with Crippen LogP contribution in [0.15, 0.2) is 22.3 Å². The van der Waals surface area contributed by atoms with Crippen molar-refractivity contribution in [1.29, 1.82) is 0 Å². The van der Waals surface area contributed by atoms with Crippen LogP contribution in [0.1, 0.15) is 50.9 Å². The number of hydrogen-bond acceptors (Lipinski definition) is 7. The van der Waals surface area contributed by atoms with Crippen molar-refractivity contribution in [2.24, 2.45) is 4.99 Å². The van der Waals surface area contributed by atoms with Gasteiger partial charge in [0.25, 0.3) is 5.91 Å². The van der Waals surface area contributed by atoms with Gasteiger partial charge in [-0.3, -0.25) is 19.7 Å². The number of anilines is 1. The lowest BCUT2D eigenvalue weighted by molar-refractivity contribution is -0.126. The number of fused-ring (bicyclic) bond motifs is 1. The van der Waals surface area contributed by atoms with Crippen LogP contribution in [0.4, 0.5) is 5.69 Å². The second-order valence-corrected chi connectivity index (χ2v) is 10.6. The molecule has 0 spiro atoms.